The molecule has 0 aromatic heterocycles. The van der Waals surface area contributed by atoms with E-state index < -0.39 is 49.5 Å². The molecule has 286 valence electrons. The highest BCUT2D eigenvalue weighted by molar-refractivity contribution is 5.73. The van der Waals surface area contributed by atoms with Crippen molar-refractivity contribution in [2.75, 3.05) is 13.2 Å². The standard InChI is InChI=1S/C39H77NO8/c1-3-4-5-6-7-8-9-10-11-12-13-14-15-16-17-18-19-20-21-22-23-24-25-26-27-28-29-34(43)33(40-32(2)42)31-47-39-38(46)37(45)36(44)35(30-41)48-39/h33-39,41,43-46H,3-31H2,1-2H3,(H,40,42). The third kappa shape index (κ3) is 22.8. The summed E-state index contributed by atoms with van der Waals surface area (Å²) >= 11 is 0. The van der Waals surface area contributed by atoms with Gasteiger partial charge in [0.1, 0.15) is 24.4 Å². The Morgan fingerprint density at radius 1 is 0.625 bits per heavy atom. The minimum absolute atomic E-state index is 0.150. The normalized spacial score (nSPS) is 22.5. The average molecular weight is 688 g/mol. The monoisotopic (exact) mass is 688 g/mol. The van der Waals surface area contributed by atoms with E-state index in [1.165, 1.54) is 155 Å². The van der Waals surface area contributed by atoms with Crippen molar-refractivity contribution in [3.8, 4) is 0 Å². The first-order valence-corrected chi connectivity index (χ1v) is 20.2. The summed E-state index contributed by atoms with van der Waals surface area (Å²) in [6.07, 6.45) is 27.7. The SMILES string of the molecule is CCCCCCCCCCCCCCCCCCCCCCCCCCCCC(O)C(COC1OC(CO)C(O)C(O)C1O)NC(C)=O. The largest absolute Gasteiger partial charge is 0.394 e. The van der Waals surface area contributed by atoms with Gasteiger partial charge in [-0.15, -0.1) is 0 Å². The summed E-state index contributed by atoms with van der Waals surface area (Å²) in [6.45, 7) is 2.94. The molecule has 1 aliphatic rings. The maximum atomic E-state index is 11.7. The van der Waals surface area contributed by atoms with Crippen molar-refractivity contribution in [2.24, 2.45) is 0 Å². The molecule has 6 N–H and O–H groups in total. The van der Waals surface area contributed by atoms with Crippen molar-refractivity contribution in [1.82, 2.24) is 5.32 Å². The first kappa shape index (κ1) is 45.2. The molecule has 0 aliphatic carbocycles. The van der Waals surface area contributed by atoms with E-state index in [1.54, 1.807) is 0 Å². The van der Waals surface area contributed by atoms with Crippen LogP contribution in [0, 0.1) is 0 Å². The molecule has 0 saturated carbocycles. The molecule has 0 radical (unpaired) electrons. The summed E-state index contributed by atoms with van der Waals surface area (Å²) in [5.41, 5.74) is 0. The van der Waals surface area contributed by atoms with Gasteiger partial charge < -0.3 is 40.3 Å². The number of aliphatic hydroxyl groups is 5. The number of rotatable bonds is 33. The van der Waals surface area contributed by atoms with Crippen LogP contribution in [0.15, 0.2) is 0 Å². The number of unbranched alkanes of at least 4 members (excludes halogenated alkanes) is 25. The van der Waals surface area contributed by atoms with Crippen molar-refractivity contribution in [2.45, 2.75) is 230 Å². The summed E-state index contributed by atoms with van der Waals surface area (Å²) in [4.78, 5) is 11.7. The summed E-state index contributed by atoms with van der Waals surface area (Å²) in [5.74, 6) is -0.318. The van der Waals surface area contributed by atoms with Crippen LogP contribution in [-0.2, 0) is 14.3 Å². The van der Waals surface area contributed by atoms with Gasteiger partial charge in [-0.1, -0.05) is 174 Å². The number of aliphatic hydroxyl groups excluding tert-OH is 5. The van der Waals surface area contributed by atoms with E-state index in [9.17, 15) is 30.3 Å². The predicted octanol–water partition coefficient (Wildman–Crippen LogP) is 7.22. The van der Waals surface area contributed by atoms with Crippen LogP contribution in [0.3, 0.4) is 0 Å². The summed E-state index contributed by atoms with van der Waals surface area (Å²) < 4.78 is 10.9. The van der Waals surface area contributed by atoms with Crippen LogP contribution >= 0.6 is 0 Å². The van der Waals surface area contributed by atoms with Crippen LogP contribution in [0.5, 0.6) is 0 Å². The zero-order valence-electron chi connectivity index (χ0n) is 31.0. The minimum Gasteiger partial charge on any atom is -0.394 e. The molecule has 9 nitrogen and oxygen atoms in total. The van der Waals surface area contributed by atoms with Crippen LogP contribution < -0.4 is 5.32 Å². The lowest BCUT2D eigenvalue weighted by Crippen LogP contribution is -2.60. The van der Waals surface area contributed by atoms with Gasteiger partial charge in [0.25, 0.3) is 0 Å². The van der Waals surface area contributed by atoms with Crippen LogP contribution in [0.4, 0.5) is 0 Å². The van der Waals surface area contributed by atoms with Crippen molar-refractivity contribution < 1.29 is 39.8 Å². The number of nitrogens with one attached hydrogen (secondary N) is 1. The molecule has 7 unspecified atom stereocenters. The number of ether oxygens (including phenoxy) is 2. The van der Waals surface area contributed by atoms with E-state index in [0.717, 1.165) is 19.3 Å². The summed E-state index contributed by atoms with van der Waals surface area (Å²) in [6, 6.07) is -0.714. The van der Waals surface area contributed by atoms with Crippen molar-refractivity contribution in [3.63, 3.8) is 0 Å². The third-order valence-electron chi connectivity index (χ3n) is 10.00. The van der Waals surface area contributed by atoms with Crippen LogP contribution in [0.1, 0.15) is 187 Å². The first-order chi connectivity index (χ1) is 23.3. The Morgan fingerprint density at radius 3 is 1.35 bits per heavy atom. The van der Waals surface area contributed by atoms with Gasteiger partial charge in [0.2, 0.25) is 5.91 Å². The molecule has 0 bridgehead atoms. The van der Waals surface area contributed by atoms with Gasteiger partial charge in [-0.3, -0.25) is 4.79 Å². The molecule has 1 rings (SSSR count). The van der Waals surface area contributed by atoms with Gasteiger partial charge in [0.05, 0.1) is 25.4 Å². The van der Waals surface area contributed by atoms with Crippen molar-refractivity contribution >= 4 is 5.91 Å². The number of carbonyl (C=O) groups excluding carboxylic acids is 1. The van der Waals surface area contributed by atoms with Gasteiger partial charge in [-0.25, -0.2) is 0 Å². The Balaban J connectivity index is 1.93. The molecule has 7 atom stereocenters. The Bertz CT molecular complexity index is 726. The number of hydrogen-bond donors (Lipinski definition) is 6. The fraction of sp³-hybridized carbons (Fsp3) is 0.974. The zero-order valence-corrected chi connectivity index (χ0v) is 31.0. The van der Waals surface area contributed by atoms with E-state index in [0.29, 0.717) is 6.42 Å². The molecule has 1 heterocycles. The second-order valence-corrected chi connectivity index (χ2v) is 14.5. The zero-order chi connectivity index (χ0) is 35.2. The molecule has 1 aliphatic heterocycles. The quantitative estimate of drug-likeness (QED) is 0.0396. The number of amides is 1. The van der Waals surface area contributed by atoms with Crippen LogP contribution in [-0.4, -0.2) is 87.5 Å². The fourth-order valence-electron chi connectivity index (χ4n) is 6.78. The topological polar surface area (TPSA) is 149 Å². The maximum absolute atomic E-state index is 11.7. The van der Waals surface area contributed by atoms with Gasteiger partial charge in [0, 0.05) is 6.92 Å². The molecular weight excluding hydrogens is 610 g/mol. The molecular formula is C39H77NO8. The van der Waals surface area contributed by atoms with Crippen LogP contribution in [0.25, 0.3) is 0 Å². The fourth-order valence-corrected chi connectivity index (χ4v) is 6.78. The first-order valence-electron chi connectivity index (χ1n) is 20.2. The Morgan fingerprint density at radius 2 is 1.00 bits per heavy atom. The highest BCUT2D eigenvalue weighted by Gasteiger charge is 2.44. The van der Waals surface area contributed by atoms with Gasteiger partial charge in [0.15, 0.2) is 6.29 Å². The molecule has 0 spiro atoms. The second kappa shape index (κ2) is 31.0. The third-order valence-corrected chi connectivity index (χ3v) is 10.00. The molecule has 48 heavy (non-hydrogen) atoms. The van der Waals surface area contributed by atoms with E-state index >= 15 is 0 Å². The Hall–Kier alpha value is -0.810. The molecule has 0 aromatic carbocycles. The Kier molecular flexibility index (Phi) is 29.2. The lowest BCUT2D eigenvalue weighted by atomic mass is 9.99. The highest BCUT2D eigenvalue weighted by Crippen LogP contribution is 2.23. The maximum Gasteiger partial charge on any atom is 0.217 e. The van der Waals surface area contributed by atoms with Gasteiger partial charge >= 0.3 is 0 Å². The Labute approximate surface area is 294 Å². The lowest BCUT2D eigenvalue weighted by Gasteiger charge is -2.40. The van der Waals surface area contributed by atoms with Crippen molar-refractivity contribution in [1.29, 1.82) is 0 Å². The van der Waals surface area contributed by atoms with E-state index in [4.69, 9.17) is 9.47 Å². The van der Waals surface area contributed by atoms with Crippen LogP contribution in [0.2, 0.25) is 0 Å². The lowest BCUT2D eigenvalue weighted by molar-refractivity contribution is -0.302. The van der Waals surface area contributed by atoms with E-state index in [1.807, 2.05) is 0 Å². The summed E-state index contributed by atoms with van der Waals surface area (Å²) in [5, 5.41) is 52.8. The molecule has 1 fully saturated rings. The number of hydrogen-bond acceptors (Lipinski definition) is 8. The average Bonchev–Trinajstić information content (AvgIpc) is 3.07. The molecule has 0 aromatic rings. The van der Waals surface area contributed by atoms with Gasteiger partial charge in [-0.2, -0.15) is 0 Å². The smallest absolute Gasteiger partial charge is 0.217 e. The van der Waals surface area contributed by atoms with E-state index in [2.05, 4.69) is 12.2 Å². The second-order valence-electron chi connectivity index (χ2n) is 14.5. The van der Waals surface area contributed by atoms with E-state index in [-0.39, 0.29) is 12.5 Å². The number of carbonyl (C=O) groups is 1. The van der Waals surface area contributed by atoms with Crippen molar-refractivity contribution in [3.05, 3.63) is 0 Å². The summed E-state index contributed by atoms with van der Waals surface area (Å²) in [7, 11) is 0. The molecule has 1 saturated heterocycles. The molecule has 9 heteroatoms. The predicted molar refractivity (Wildman–Crippen MR) is 194 cm³/mol. The highest BCUT2D eigenvalue weighted by atomic mass is 16.7. The van der Waals surface area contributed by atoms with Gasteiger partial charge in [-0.05, 0) is 6.42 Å². The minimum atomic E-state index is -1.54. The molecule has 1 amide bonds.